The van der Waals surface area contributed by atoms with Crippen LogP contribution in [0.2, 0.25) is 0 Å². The van der Waals surface area contributed by atoms with Gasteiger partial charge in [-0.3, -0.25) is 4.79 Å². The van der Waals surface area contributed by atoms with E-state index in [2.05, 4.69) is 0 Å². The summed E-state index contributed by atoms with van der Waals surface area (Å²) in [6, 6.07) is 0. The SMILES string of the molecule is COCCCN(CCO)C(=O)C(C)(C)C. The van der Waals surface area contributed by atoms with Crippen LogP contribution in [0.3, 0.4) is 0 Å². The third-order valence-electron chi connectivity index (χ3n) is 2.08. The van der Waals surface area contributed by atoms with Crippen LogP contribution in [0.1, 0.15) is 27.2 Å². The van der Waals surface area contributed by atoms with Crippen LogP contribution in [-0.4, -0.2) is 49.3 Å². The smallest absolute Gasteiger partial charge is 0.228 e. The molecule has 1 amide bonds. The number of hydrogen-bond acceptors (Lipinski definition) is 3. The molecule has 0 unspecified atom stereocenters. The van der Waals surface area contributed by atoms with Gasteiger partial charge in [-0.15, -0.1) is 0 Å². The summed E-state index contributed by atoms with van der Waals surface area (Å²) in [7, 11) is 1.64. The summed E-state index contributed by atoms with van der Waals surface area (Å²) in [5, 5.41) is 8.88. The van der Waals surface area contributed by atoms with Gasteiger partial charge in [0.25, 0.3) is 0 Å². The highest BCUT2D eigenvalue weighted by Gasteiger charge is 2.26. The highest BCUT2D eigenvalue weighted by Crippen LogP contribution is 2.17. The second-order valence-corrected chi connectivity index (χ2v) is 4.61. The number of methoxy groups -OCH3 is 1. The molecule has 90 valence electrons. The maximum absolute atomic E-state index is 11.9. The molecule has 0 atom stereocenters. The average Bonchev–Trinajstić information content (AvgIpc) is 2.14. The van der Waals surface area contributed by atoms with Crippen molar-refractivity contribution in [2.75, 3.05) is 33.4 Å². The monoisotopic (exact) mass is 217 g/mol. The minimum Gasteiger partial charge on any atom is -0.395 e. The normalized spacial score (nSPS) is 11.5. The molecule has 0 aromatic heterocycles. The van der Waals surface area contributed by atoms with Crippen LogP contribution in [0.4, 0.5) is 0 Å². The number of carbonyl (C=O) groups excluding carboxylic acids is 1. The van der Waals surface area contributed by atoms with Gasteiger partial charge in [-0.05, 0) is 6.42 Å². The summed E-state index contributed by atoms with van der Waals surface area (Å²) in [5.41, 5.74) is -0.387. The van der Waals surface area contributed by atoms with Crippen molar-refractivity contribution in [1.29, 1.82) is 0 Å². The van der Waals surface area contributed by atoms with E-state index in [9.17, 15) is 4.79 Å². The average molecular weight is 217 g/mol. The minimum absolute atomic E-state index is 0.00873. The zero-order valence-corrected chi connectivity index (χ0v) is 10.2. The van der Waals surface area contributed by atoms with Crippen molar-refractivity contribution in [1.82, 2.24) is 4.90 Å². The predicted molar refractivity (Wildman–Crippen MR) is 59.6 cm³/mol. The number of aliphatic hydroxyl groups excluding tert-OH is 1. The van der Waals surface area contributed by atoms with Gasteiger partial charge in [-0.2, -0.15) is 0 Å². The Morgan fingerprint density at radius 3 is 2.33 bits per heavy atom. The fraction of sp³-hybridized carbons (Fsp3) is 0.909. The summed E-state index contributed by atoms with van der Waals surface area (Å²) in [4.78, 5) is 13.6. The molecule has 0 bridgehead atoms. The fourth-order valence-electron chi connectivity index (χ4n) is 1.31. The van der Waals surface area contributed by atoms with Gasteiger partial charge in [-0.25, -0.2) is 0 Å². The van der Waals surface area contributed by atoms with E-state index < -0.39 is 0 Å². The fourth-order valence-corrected chi connectivity index (χ4v) is 1.31. The van der Waals surface area contributed by atoms with E-state index in [0.717, 1.165) is 6.42 Å². The van der Waals surface area contributed by atoms with Crippen LogP contribution in [0.25, 0.3) is 0 Å². The van der Waals surface area contributed by atoms with Crippen LogP contribution in [0.5, 0.6) is 0 Å². The van der Waals surface area contributed by atoms with Crippen LogP contribution < -0.4 is 0 Å². The summed E-state index contributed by atoms with van der Waals surface area (Å²) in [5.74, 6) is 0.0765. The number of hydrogen-bond donors (Lipinski definition) is 1. The van der Waals surface area contributed by atoms with Gasteiger partial charge in [0.05, 0.1) is 6.61 Å². The van der Waals surface area contributed by atoms with Crippen LogP contribution in [0, 0.1) is 5.41 Å². The maximum atomic E-state index is 11.9. The Balaban J connectivity index is 4.19. The molecule has 0 radical (unpaired) electrons. The molecule has 0 saturated carbocycles. The molecular formula is C11H23NO3. The van der Waals surface area contributed by atoms with E-state index in [1.807, 2.05) is 20.8 Å². The maximum Gasteiger partial charge on any atom is 0.228 e. The lowest BCUT2D eigenvalue weighted by Gasteiger charge is -2.28. The summed E-state index contributed by atoms with van der Waals surface area (Å²) < 4.78 is 4.94. The number of rotatable bonds is 6. The Morgan fingerprint density at radius 1 is 1.33 bits per heavy atom. The van der Waals surface area contributed by atoms with Gasteiger partial charge in [0.15, 0.2) is 0 Å². The van der Waals surface area contributed by atoms with Crippen molar-refractivity contribution in [3.05, 3.63) is 0 Å². The molecule has 0 fully saturated rings. The first kappa shape index (κ1) is 14.4. The number of aliphatic hydroxyl groups is 1. The highest BCUT2D eigenvalue weighted by molar-refractivity contribution is 5.81. The number of carbonyl (C=O) groups is 1. The molecule has 0 rings (SSSR count). The molecule has 15 heavy (non-hydrogen) atoms. The third-order valence-corrected chi connectivity index (χ3v) is 2.08. The first-order valence-corrected chi connectivity index (χ1v) is 5.32. The first-order valence-electron chi connectivity index (χ1n) is 5.32. The molecule has 4 nitrogen and oxygen atoms in total. The minimum atomic E-state index is -0.387. The zero-order chi connectivity index (χ0) is 11.9. The van der Waals surface area contributed by atoms with Gasteiger partial charge >= 0.3 is 0 Å². The van der Waals surface area contributed by atoms with Gasteiger partial charge in [0, 0.05) is 32.2 Å². The molecule has 0 aromatic carbocycles. The van der Waals surface area contributed by atoms with Crippen LogP contribution in [-0.2, 0) is 9.53 Å². The lowest BCUT2D eigenvalue weighted by molar-refractivity contribution is -0.140. The van der Waals surface area contributed by atoms with Crippen molar-refractivity contribution in [2.24, 2.45) is 5.41 Å². The molecule has 0 heterocycles. The Labute approximate surface area is 92.2 Å². The van der Waals surface area contributed by atoms with Gasteiger partial charge in [0.2, 0.25) is 5.91 Å². The van der Waals surface area contributed by atoms with Crippen molar-refractivity contribution in [3.8, 4) is 0 Å². The molecule has 0 aromatic rings. The van der Waals surface area contributed by atoms with Crippen molar-refractivity contribution in [3.63, 3.8) is 0 Å². The lowest BCUT2D eigenvalue weighted by atomic mass is 9.94. The van der Waals surface area contributed by atoms with E-state index in [1.165, 1.54) is 0 Å². The Hall–Kier alpha value is -0.610. The number of ether oxygens (including phenoxy) is 1. The van der Waals surface area contributed by atoms with E-state index in [4.69, 9.17) is 9.84 Å². The molecular weight excluding hydrogens is 194 g/mol. The third kappa shape index (κ3) is 5.74. The molecule has 0 spiro atoms. The summed E-state index contributed by atoms with van der Waals surface area (Å²) in [6.45, 7) is 7.35. The Bertz CT molecular complexity index is 187. The largest absolute Gasteiger partial charge is 0.395 e. The van der Waals surface area contributed by atoms with Crippen molar-refractivity contribution in [2.45, 2.75) is 27.2 Å². The van der Waals surface area contributed by atoms with Crippen LogP contribution >= 0.6 is 0 Å². The van der Waals surface area contributed by atoms with Gasteiger partial charge < -0.3 is 14.7 Å². The molecule has 0 saturated heterocycles. The van der Waals surface area contributed by atoms with E-state index in [-0.39, 0.29) is 17.9 Å². The van der Waals surface area contributed by atoms with Gasteiger partial charge in [-0.1, -0.05) is 20.8 Å². The number of amides is 1. The zero-order valence-electron chi connectivity index (χ0n) is 10.2. The second-order valence-electron chi connectivity index (χ2n) is 4.61. The van der Waals surface area contributed by atoms with E-state index >= 15 is 0 Å². The first-order chi connectivity index (χ1) is 6.93. The molecule has 0 aliphatic heterocycles. The van der Waals surface area contributed by atoms with Crippen LogP contribution in [0.15, 0.2) is 0 Å². The number of nitrogens with zero attached hydrogens (tertiary/aromatic N) is 1. The standard InChI is InChI=1S/C11H23NO3/c1-11(2,3)10(14)12(7-8-13)6-5-9-15-4/h13H,5-9H2,1-4H3. The quantitative estimate of drug-likeness (QED) is 0.672. The van der Waals surface area contributed by atoms with Crippen molar-refractivity contribution >= 4 is 5.91 Å². The molecule has 1 N–H and O–H groups in total. The Morgan fingerprint density at radius 2 is 1.93 bits per heavy atom. The van der Waals surface area contributed by atoms with Gasteiger partial charge in [0.1, 0.15) is 0 Å². The topological polar surface area (TPSA) is 49.8 Å². The van der Waals surface area contributed by atoms with E-state index in [1.54, 1.807) is 12.0 Å². The van der Waals surface area contributed by atoms with Crippen molar-refractivity contribution < 1.29 is 14.6 Å². The lowest BCUT2D eigenvalue weighted by Crippen LogP contribution is -2.41. The second kappa shape index (κ2) is 6.80. The summed E-state index contributed by atoms with van der Waals surface area (Å²) in [6.07, 6.45) is 0.804. The highest BCUT2D eigenvalue weighted by atomic mass is 16.5. The molecule has 4 heteroatoms. The summed E-state index contributed by atoms with van der Waals surface area (Å²) >= 11 is 0. The Kier molecular flexibility index (Phi) is 6.52. The molecule has 0 aliphatic rings. The molecule has 0 aliphatic carbocycles. The van der Waals surface area contributed by atoms with E-state index in [0.29, 0.717) is 19.7 Å². The predicted octanol–water partition coefficient (Wildman–Crippen LogP) is 0.890.